The lowest BCUT2D eigenvalue weighted by atomic mass is 9.88. The number of benzene rings is 1. The first kappa shape index (κ1) is 17.1. The van der Waals surface area contributed by atoms with Crippen molar-refractivity contribution in [3.8, 4) is 0 Å². The molecule has 2 aromatic rings. The number of hydrogen-bond donors (Lipinski definition) is 2. The van der Waals surface area contributed by atoms with Crippen molar-refractivity contribution >= 4 is 5.91 Å². The van der Waals surface area contributed by atoms with Gasteiger partial charge >= 0.3 is 0 Å². The zero-order valence-electron chi connectivity index (χ0n) is 14.6. The van der Waals surface area contributed by atoms with Crippen molar-refractivity contribution in [2.75, 3.05) is 13.1 Å². The highest BCUT2D eigenvalue weighted by Crippen LogP contribution is 2.31. The van der Waals surface area contributed by atoms with Gasteiger partial charge < -0.3 is 4.90 Å². The summed E-state index contributed by atoms with van der Waals surface area (Å²) in [6.07, 6.45) is 5.96. The lowest BCUT2D eigenvalue weighted by Gasteiger charge is -2.32. The number of amides is 1. The number of hydrogen-bond acceptors (Lipinski definition) is 4. The highest BCUT2D eigenvalue weighted by atomic mass is 19.1. The molecule has 26 heavy (non-hydrogen) atoms. The second-order valence-electron chi connectivity index (χ2n) is 7.04. The van der Waals surface area contributed by atoms with Gasteiger partial charge in [0.1, 0.15) is 5.82 Å². The first-order valence-corrected chi connectivity index (χ1v) is 9.14. The molecule has 3 heterocycles. The number of aromatic nitrogens is 1. The zero-order chi connectivity index (χ0) is 17.9. The quantitative estimate of drug-likeness (QED) is 0.882. The molecule has 5 nitrogen and oxygen atoms in total. The third-order valence-corrected chi connectivity index (χ3v) is 5.46. The molecule has 0 aliphatic carbocycles. The smallest absolute Gasteiger partial charge is 0.227 e. The summed E-state index contributed by atoms with van der Waals surface area (Å²) in [4.78, 5) is 19.0. The van der Waals surface area contributed by atoms with Gasteiger partial charge in [0.25, 0.3) is 0 Å². The van der Waals surface area contributed by atoms with Crippen molar-refractivity contribution in [2.24, 2.45) is 0 Å². The topological polar surface area (TPSA) is 57.3 Å². The summed E-state index contributed by atoms with van der Waals surface area (Å²) in [5, 5.41) is 0. The molecule has 0 spiro atoms. The standard InChI is InChI=1S/C20H23FN4O/c21-16-5-3-14(4-6-16)12-19(26)25-11-1-2-18(25)20-17(13-23-24-20)15-7-9-22-10-8-15/h3-10,17-18,20,23-24H,1-2,11-13H2. The summed E-state index contributed by atoms with van der Waals surface area (Å²) >= 11 is 0. The van der Waals surface area contributed by atoms with E-state index >= 15 is 0 Å². The van der Waals surface area contributed by atoms with E-state index in [0.717, 1.165) is 31.5 Å². The van der Waals surface area contributed by atoms with Crippen LogP contribution in [0.3, 0.4) is 0 Å². The molecule has 6 heteroatoms. The minimum atomic E-state index is -0.276. The molecule has 1 aromatic carbocycles. The molecule has 1 aromatic heterocycles. The predicted octanol–water partition coefficient (Wildman–Crippen LogP) is 2.01. The molecule has 0 bridgehead atoms. The molecular weight excluding hydrogens is 331 g/mol. The molecule has 2 N–H and O–H groups in total. The number of likely N-dealkylation sites (tertiary alicyclic amines) is 1. The maximum Gasteiger partial charge on any atom is 0.227 e. The molecule has 3 atom stereocenters. The molecule has 2 saturated heterocycles. The van der Waals surface area contributed by atoms with Gasteiger partial charge in [0.2, 0.25) is 5.91 Å². The summed E-state index contributed by atoms with van der Waals surface area (Å²) in [6, 6.07) is 10.6. The lowest BCUT2D eigenvalue weighted by Crippen LogP contribution is -2.50. The maximum absolute atomic E-state index is 13.1. The number of halogens is 1. The maximum atomic E-state index is 13.1. The fraction of sp³-hybridized carbons (Fsp3) is 0.400. The normalized spacial score (nSPS) is 25.6. The molecule has 136 valence electrons. The van der Waals surface area contributed by atoms with Crippen molar-refractivity contribution in [1.82, 2.24) is 20.7 Å². The van der Waals surface area contributed by atoms with Crippen LogP contribution in [-0.4, -0.2) is 41.0 Å². The average molecular weight is 354 g/mol. The number of rotatable bonds is 4. The predicted molar refractivity (Wildman–Crippen MR) is 96.7 cm³/mol. The Morgan fingerprint density at radius 3 is 2.73 bits per heavy atom. The minimum absolute atomic E-state index is 0.112. The first-order valence-electron chi connectivity index (χ1n) is 9.14. The zero-order valence-corrected chi connectivity index (χ0v) is 14.6. The first-order chi connectivity index (χ1) is 12.7. The van der Waals surface area contributed by atoms with E-state index in [2.05, 4.69) is 15.8 Å². The SMILES string of the molecule is O=C(Cc1ccc(F)cc1)N1CCCC1C1NNCC1c1ccncc1. The van der Waals surface area contributed by atoms with Crippen LogP contribution in [0.25, 0.3) is 0 Å². The lowest BCUT2D eigenvalue weighted by molar-refractivity contribution is -0.131. The van der Waals surface area contributed by atoms with Gasteiger partial charge in [-0.15, -0.1) is 0 Å². The van der Waals surface area contributed by atoms with Gasteiger partial charge in [-0.1, -0.05) is 12.1 Å². The van der Waals surface area contributed by atoms with Crippen LogP contribution in [-0.2, 0) is 11.2 Å². The Kier molecular flexibility index (Phi) is 4.95. The van der Waals surface area contributed by atoms with Gasteiger partial charge in [0.05, 0.1) is 6.42 Å². The van der Waals surface area contributed by atoms with E-state index < -0.39 is 0 Å². The number of nitrogens with one attached hydrogen (secondary N) is 2. The van der Waals surface area contributed by atoms with E-state index in [1.807, 2.05) is 29.4 Å². The average Bonchev–Trinajstić information content (AvgIpc) is 3.33. The number of carbonyl (C=O) groups is 1. The van der Waals surface area contributed by atoms with E-state index in [1.165, 1.54) is 17.7 Å². The Bertz CT molecular complexity index is 752. The highest BCUT2D eigenvalue weighted by molar-refractivity contribution is 5.79. The van der Waals surface area contributed by atoms with Crippen LogP contribution < -0.4 is 10.9 Å². The van der Waals surface area contributed by atoms with Gasteiger partial charge in [0.15, 0.2) is 0 Å². The molecule has 1 amide bonds. The Morgan fingerprint density at radius 1 is 1.19 bits per heavy atom. The van der Waals surface area contributed by atoms with E-state index in [1.54, 1.807) is 12.1 Å². The van der Waals surface area contributed by atoms with Crippen LogP contribution in [0.4, 0.5) is 4.39 Å². The Morgan fingerprint density at radius 2 is 1.96 bits per heavy atom. The van der Waals surface area contributed by atoms with Gasteiger partial charge in [-0.2, -0.15) is 0 Å². The van der Waals surface area contributed by atoms with Gasteiger partial charge in [-0.05, 0) is 48.2 Å². The third-order valence-electron chi connectivity index (χ3n) is 5.46. The van der Waals surface area contributed by atoms with Crippen LogP contribution in [0, 0.1) is 5.82 Å². The third kappa shape index (κ3) is 3.48. The highest BCUT2D eigenvalue weighted by Gasteiger charge is 2.41. The molecule has 0 saturated carbocycles. The van der Waals surface area contributed by atoms with Crippen LogP contribution in [0.15, 0.2) is 48.8 Å². The summed E-state index contributed by atoms with van der Waals surface area (Å²) < 4.78 is 13.1. The van der Waals surface area contributed by atoms with Gasteiger partial charge in [-0.3, -0.25) is 20.6 Å². The Hall–Kier alpha value is -2.31. The largest absolute Gasteiger partial charge is 0.338 e. The monoisotopic (exact) mass is 354 g/mol. The molecule has 2 aliphatic rings. The number of pyridine rings is 1. The fourth-order valence-electron chi connectivity index (χ4n) is 4.17. The molecule has 3 unspecified atom stereocenters. The Balaban J connectivity index is 1.49. The van der Waals surface area contributed by atoms with Crippen molar-refractivity contribution in [3.05, 3.63) is 65.7 Å². The van der Waals surface area contributed by atoms with E-state index in [0.29, 0.717) is 12.3 Å². The summed E-state index contributed by atoms with van der Waals surface area (Å²) in [6.45, 7) is 1.62. The molecule has 2 fully saturated rings. The second-order valence-corrected chi connectivity index (χ2v) is 7.04. The number of hydrazine groups is 1. The van der Waals surface area contributed by atoms with Crippen molar-refractivity contribution < 1.29 is 9.18 Å². The van der Waals surface area contributed by atoms with Crippen molar-refractivity contribution in [1.29, 1.82) is 0 Å². The Labute approximate surface area is 152 Å². The molecular formula is C20H23FN4O. The minimum Gasteiger partial charge on any atom is -0.338 e. The van der Waals surface area contributed by atoms with Crippen LogP contribution in [0.1, 0.15) is 29.9 Å². The molecule has 2 aliphatic heterocycles. The van der Waals surface area contributed by atoms with Crippen LogP contribution in [0.5, 0.6) is 0 Å². The number of nitrogens with zero attached hydrogens (tertiary/aromatic N) is 2. The van der Waals surface area contributed by atoms with E-state index in [4.69, 9.17) is 0 Å². The van der Waals surface area contributed by atoms with Gasteiger partial charge in [0, 0.05) is 43.5 Å². The second kappa shape index (κ2) is 7.51. The summed E-state index contributed by atoms with van der Waals surface area (Å²) in [5.74, 6) is 0.144. The summed E-state index contributed by atoms with van der Waals surface area (Å²) in [5.41, 5.74) is 8.74. The van der Waals surface area contributed by atoms with Crippen molar-refractivity contribution in [2.45, 2.75) is 37.3 Å². The summed E-state index contributed by atoms with van der Waals surface area (Å²) in [7, 11) is 0. The molecule has 0 radical (unpaired) electrons. The van der Waals surface area contributed by atoms with Crippen molar-refractivity contribution in [3.63, 3.8) is 0 Å². The molecule has 4 rings (SSSR count). The fourth-order valence-corrected chi connectivity index (χ4v) is 4.17. The van der Waals surface area contributed by atoms with Crippen LogP contribution in [0.2, 0.25) is 0 Å². The number of carbonyl (C=O) groups excluding carboxylic acids is 1. The van der Waals surface area contributed by atoms with E-state index in [-0.39, 0.29) is 23.8 Å². The van der Waals surface area contributed by atoms with E-state index in [9.17, 15) is 9.18 Å². The van der Waals surface area contributed by atoms with Gasteiger partial charge in [-0.25, -0.2) is 4.39 Å². The van der Waals surface area contributed by atoms with Crippen LogP contribution >= 0.6 is 0 Å².